The number of ether oxygens (including phenoxy) is 1. The van der Waals surface area contributed by atoms with E-state index in [1.54, 1.807) is 0 Å². The van der Waals surface area contributed by atoms with Crippen molar-refractivity contribution in [3.63, 3.8) is 0 Å². The number of carboxylic acids is 1. The lowest BCUT2D eigenvalue weighted by Gasteiger charge is -2.12. The summed E-state index contributed by atoms with van der Waals surface area (Å²) >= 11 is 0. The van der Waals surface area contributed by atoms with Crippen LogP contribution in [0, 0.1) is 6.92 Å². The van der Waals surface area contributed by atoms with E-state index in [0.717, 1.165) is 6.42 Å². The molecule has 0 bridgehead atoms. The summed E-state index contributed by atoms with van der Waals surface area (Å²) in [4.78, 5) is 14.6. The van der Waals surface area contributed by atoms with Crippen LogP contribution in [0.2, 0.25) is 0 Å². The smallest absolute Gasteiger partial charge is 0.312 e. The molecule has 0 aliphatic carbocycles. The molecule has 1 N–H and O–H groups in total. The SMILES string of the molecule is Cc1ccccc1CC1CN=C(CC(=O)O)O1. The predicted octanol–water partition coefficient (Wildman–Crippen LogP) is 1.81. The Bertz CT molecular complexity index is 454. The van der Waals surface area contributed by atoms with E-state index < -0.39 is 5.97 Å². The van der Waals surface area contributed by atoms with Gasteiger partial charge in [0.15, 0.2) is 5.90 Å². The fraction of sp³-hybridized carbons (Fsp3) is 0.385. The first-order valence-electron chi connectivity index (χ1n) is 5.61. The topological polar surface area (TPSA) is 58.9 Å². The molecule has 1 heterocycles. The van der Waals surface area contributed by atoms with Gasteiger partial charge in [0.2, 0.25) is 0 Å². The number of carboxylic acid groups (broad SMARTS) is 1. The van der Waals surface area contributed by atoms with Gasteiger partial charge < -0.3 is 9.84 Å². The molecule has 90 valence electrons. The Labute approximate surface area is 99.9 Å². The molecule has 0 saturated heterocycles. The van der Waals surface area contributed by atoms with Gasteiger partial charge in [0.05, 0.1) is 6.54 Å². The number of aliphatic imine (C=N–C) groups is 1. The summed E-state index contributed by atoms with van der Waals surface area (Å²) in [6.45, 7) is 2.61. The molecule has 2 rings (SSSR count). The molecule has 17 heavy (non-hydrogen) atoms. The summed E-state index contributed by atoms with van der Waals surface area (Å²) < 4.78 is 5.50. The molecule has 4 nitrogen and oxygen atoms in total. The Kier molecular flexibility index (Phi) is 3.42. The third-order valence-corrected chi connectivity index (χ3v) is 2.79. The number of carbonyl (C=O) groups is 1. The van der Waals surface area contributed by atoms with Gasteiger partial charge in [0.1, 0.15) is 12.5 Å². The highest BCUT2D eigenvalue weighted by Gasteiger charge is 2.22. The Morgan fingerprint density at radius 1 is 1.53 bits per heavy atom. The lowest BCUT2D eigenvalue weighted by Crippen LogP contribution is -2.18. The van der Waals surface area contributed by atoms with E-state index >= 15 is 0 Å². The Balaban J connectivity index is 1.92. The third-order valence-electron chi connectivity index (χ3n) is 2.79. The summed E-state index contributed by atoms with van der Waals surface area (Å²) in [6, 6.07) is 8.12. The largest absolute Gasteiger partial charge is 0.481 e. The van der Waals surface area contributed by atoms with Gasteiger partial charge in [-0.2, -0.15) is 0 Å². The average molecular weight is 233 g/mol. The van der Waals surface area contributed by atoms with Crippen molar-refractivity contribution in [3.8, 4) is 0 Å². The molecule has 1 aromatic rings. The van der Waals surface area contributed by atoms with Gasteiger partial charge in [-0.25, -0.2) is 0 Å². The average Bonchev–Trinajstić information content (AvgIpc) is 2.68. The Morgan fingerprint density at radius 2 is 2.29 bits per heavy atom. The van der Waals surface area contributed by atoms with Crippen LogP contribution in [0.1, 0.15) is 17.5 Å². The van der Waals surface area contributed by atoms with E-state index in [9.17, 15) is 4.79 Å². The second-order valence-electron chi connectivity index (χ2n) is 4.18. The van der Waals surface area contributed by atoms with Gasteiger partial charge >= 0.3 is 5.97 Å². The normalized spacial score (nSPS) is 18.6. The van der Waals surface area contributed by atoms with E-state index in [1.165, 1.54) is 11.1 Å². The monoisotopic (exact) mass is 233 g/mol. The number of aryl methyl sites for hydroxylation is 1. The first-order valence-corrected chi connectivity index (χ1v) is 5.61. The lowest BCUT2D eigenvalue weighted by molar-refractivity contribution is -0.135. The van der Waals surface area contributed by atoms with E-state index in [0.29, 0.717) is 12.4 Å². The second-order valence-corrected chi connectivity index (χ2v) is 4.18. The van der Waals surface area contributed by atoms with Crippen LogP contribution >= 0.6 is 0 Å². The van der Waals surface area contributed by atoms with Crippen LogP contribution in [0.5, 0.6) is 0 Å². The molecule has 0 aromatic heterocycles. The molecule has 4 heteroatoms. The van der Waals surface area contributed by atoms with E-state index in [-0.39, 0.29) is 12.5 Å². The maximum absolute atomic E-state index is 10.5. The van der Waals surface area contributed by atoms with Gasteiger partial charge in [0, 0.05) is 6.42 Å². The first kappa shape index (κ1) is 11.6. The zero-order valence-corrected chi connectivity index (χ0v) is 9.72. The fourth-order valence-corrected chi connectivity index (χ4v) is 1.89. The predicted molar refractivity (Wildman–Crippen MR) is 64.3 cm³/mol. The van der Waals surface area contributed by atoms with Gasteiger partial charge in [-0.05, 0) is 18.1 Å². The van der Waals surface area contributed by atoms with Crippen molar-refractivity contribution in [2.24, 2.45) is 4.99 Å². The standard InChI is InChI=1S/C13H15NO3/c1-9-4-2-3-5-10(9)6-11-8-14-12(17-11)7-13(15)16/h2-5,11H,6-8H2,1H3,(H,15,16). The summed E-state index contributed by atoms with van der Waals surface area (Å²) in [7, 11) is 0. The van der Waals surface area contributed by atoms with Crippen molar-refractivity contribution in [2.45, 2.75) is 25.9 Å². The third kappa shape index (κ3) is 3.06. The van der Waals surface area contributed by atoms with Crippen LogP contribution in [0.15, 0.2) is 29.3 Å². The van der Waals surface area contributed by atoms with Crippen LogP contribution in [0.4, 0.5) is 0 Å². The molecule has 1 atom stereocenters. The van der Waals surface area contributed by atoms with Gasteiger partial charge in [-0.15, -0.1) is 0 Å². The molecule has 1 aromatic carbocycles. The molecule has 0 fully saturated rings. The molecule has 0 radical (unpaired) electrons. The minimum atomic E-state index is -0.903. The fourth-order valence-electron chi connectivity index (χ4n) is 1.89. The Hall–Kier alpha value is -1.84. The van der Waals surface area contributed by atoms with Crippen LogP contribution in [0.3, 0.4) is 0 Å². The molecular formula is C13H15NO3. The summed E-state index contributed by atoms with van der Waals surface area (Å²) in [5.41, 5.74) is 2.45. The molecule has 0 saturated carbocycles. The number of hydrogen-bond donors (Lipinski definition) is 1. The van der Waals surface area contributed by atoms with Crippen molar-refractivity contribution in [1.82, 2.24) is 0 Å². The number of hydrogen-bond acceptors (Lipinski definition) is 3. The lowest BCUT2D eigenvalue weighted by atomic mass is 10.0. The minimum absolute atomic E-state index is 0.0227. The molecule has 0 amide bonds. The van der Waals surface area contributed by atoms with Gasteiger partial charge in [-0.3, -0.25) is 9.79 Å². The van der Waals surface area contributed by atoms with Crippen LogP contribution in [0.25, 0.3) is 0 Å². The highest BCUT2D eigenvalue weighted by atomic mass is 16.5. The van der Waals surface area contributed by atoms with Crippen LogP contribution < -0.4 is 0 Å². The van der Waals surface area contributed by atoms with Gasteiger partial charge in [0.25, 0.3) is 0 Å². The minimum Gasteiger partial charge on any atom is -0.481 e. The van der Waals surface area contributed by atoms with Crippen molar-refractivity contribution in [3.05, 3.63) is 35.4 Å². The maximum atomic E-state index is 10.5. The number of benzene rings is 1. The second kappa shape index (κ2) is 4.99. The zero-order chi connectivity index (χ0) is 12.3. The van der Waals surface area contributed by atoms with E-state index in [1.807, 2.05) is 12.1 Å². The Morgan fingerprint density at radius 3 is 3.00 bits per heavy atom. The number of aliphatic carboxylic acids is 1. The van der Waals surface area contributed by atoms with E-state index in [4.69, 9.17) is 9.84 Å². The van der Waals surface area contributed by atoms with Crippen molar-refractivity contribution in [1.29, 1.82) is 0 Å². The number of rotatable bonds is 4. The van der Waals surface area contributed by atoms with E-state index in [2.05, 4.69) is 24.0 Å². The highest BCUT2D eigenvalue weighted by molar-refractivity contribution is 5.94. The summed E-state index contributed by atoms with van der Waals surface area (Å²) in [5.74, 6) is -0.559. The molecular weight excluding hydrogens is 218 g/mol. The summed E-state index contributed by atoms with van der Waals surface area (Å²) in [5, 5.41) is 8.63. The first-order chi connectivity index (χ1) is 8.15. The molecule has 1 unspecified atom stereocenters. The zero-order valence-electron chi connectivity index (χ0n) is 9.72. The van der Waals surface area contributed by atoms with Crippen LogP contribution in [-0.4, -0.2) is 29.6 Å². The van der Waals surface area contributed by atoms with Crippen molar-refractivity contribution in [2.75, 3.05) is 6.54 Å². The molecule has 1 aliphatic heterocycles. The highest BCUT2D eigenvalue weighted by Crippen LogP contribution is 2.16. The maximum Gasteiger partial charge on any atom is 0.312 e. The van der Waals surface area contributed by atoms with Crippen molar-refractivity contribution < 1.29 is 14.6 Å². The quantitative estimate of drug-likeness (QED) is 0.862. The summed E-state index contributed by atoms with van der Waals surface area (Å²) in [6.07, 6.45) is 0.634. The van der Waals surface area contributed by atoms with Gasteiger partial charge in [-0.1, -0.05) is 24.3 Å². The molecule has 1 aliphatic rings. The van der Waals surface area contributed by atoms with Crippen molar-refractivity contribution >= 4 is 11.9 Å². The van der Waals surface area contributed by atoms with Crippen LogP contribution in [-0.2, 0) is 16.0 Å². The molecule has 0 spiro atoms. The number of nitrogens with zero attached hydrogens (tertiary/aromatic N) is 1.